The van der Waals surface area contributed by atoms with Gasteiger partial charge >= 0.3 is 0 Å². The standard InChI is InChI=1S/C22H25N3O3S2/c1-6-23-22-25(24-13-15-7-9-17(29-5)10-8-15)18(14-30-22)16-11-19(26-2)21(28-4)20(12-16)27-3/h7-14H,6H2,1-5H3. The molecule has 0 aliphatic carbocycles. The molecule has 0 aliphatic rings. The first-order chi connectivity index (χ1) is 14.6. The van der Waals surface area contributed by atoms with Crippen molar-refractivity contribution in [3.8, 4) is 28.5 Å². The third-order valence-corrected chi connectivity index (χ3v) is 5.97. The fourth-order valence-electron chi connectivity index (χ4n) is 2.90. The molecule has 6 nitrogen and oxygen atoms in total. The summed E-state index contributed by atoms with van der Waals surface area (Å²) in [5.41, 5.74) is 2.81. The lowest BCUT2D eigenvalue weighted by atomic mass is 10.1. The van der Waals surface area contributed by atoms with Crippen LogP contribution >= 0.6 is 23.1 Å². The highest BCUT2D eigenvalue weighted by molar-refractivity contribution is 7.98. The predicted octanol–water partition coefficient (Wildman–Crippen LogP) is 4.77. The highest BCUT2D eigenvalue weighted by Crippen LogP contribution is 2.41. The van der Waals surface area contributed by atoms with Crippen LogP contribution < -0.4 is 19.0 Å². The maximum absolute atomic E-state index is 5.51. The number of benzene rings is 2. The fraction of sp³-hybridized carbons (Fsp3) is 0.273. The minimum absolute atomic E-state index is 0.557. The lowest BCUT2D eigenvalue weighted by Crippen LogP contribution is -2.12. The van der Waals surface area contributed by atoms with Crippen molar-refractivity contribution < 1.29 is 14.2 Å². The van der Waals surface area contributed by atoms with Crippen molar-refractivity contribution in [3.63, 3.8) is 0 Å². The largest absolute Gasteiger partial charge is 0.493 e. The van der Waals surface area contributed by atoms with Gasteiger partial charge in [-0.05, 0) is 43.0 Å². The van der Waals surface area contributed by atoms with Crippen molar-refractivity contribution >= 4 is 29.3 Å². The summed E-state index contributed by atoms with van der Waals surface area (Å²) < 4.78 is 18.3. The molecule has 3 aromatic rings. The minimum Gasteiger partial charge on any atom is -0.493 e. The molecule has 0 spiro atoms. The smallest absolute Gasteiger partial charge is 0.206 e. The van der Waals surface area contributed by atoms with Gasteiger partial charge in [-0.3, -0.25) is 4.99 Å². The summed E-state index contributed by atoms with van der Waals surface area (Å²) in [5, 5.41) is 6.76. The summed E-state index contributed by atoms with van der Waals surface area (Å²) in [5.74, 6) is 1.74. The molecule has 1 aromatic heterocycles. The molecule has 0 amide bonds. The molecule has 0 saturated carbocycles. The number of hydrogen-bond donors (Lipinski definition) is 0. The van der Waals surface area contributed by atoms with Crippen molar-refractivity contribution in [2.75, 3.05) is 34.1 Å². The molecule has 0 aliphatic heterocycles. The van der Waals surface area contributed by atoms with Crippen molar-refractivity contribution in [1.29, 1.82) is 0 Å². The van der Waals surface area contributed by atoms with Gasteiger partial charge in [0.05, 0.1) is 33.2 Å². The monoisotopic (exact) mass is 443 g/mol. The Morgan fingerprint density at radius 1 is 1.03 bits per heavy atom. The number of thiazole rings is 1. The second-order valence-electron chi connectivity index (χ2n) is 6.12. The lowest BCUT2D eigenvalue weighted by molar-refractivity contribution is 0.324. The van der Waals surface area contributed by atoms with E-state index >= 15 is 0 Å². The third kappa shape index (κ3) is 4.71. The molecule has 3 rings (SSSR count). The van der Waals surface area contributed by atoms with E-state index in [1.807, 2.05) is 35.3 Å². The maximum atomic E-state index is 5.51. The number of ether oxygens (including phenoxy) is 3. The third-order valence-electron chi connectivity index (χ3n) is 4.38. The van der Waals surface area contributed by atoms with E-state index in [9.17, 15) is 0 Å². The lowest BCUT2D eigenvalue weighted by Gasteiger charge is -2.14. The Morgan fingerprint density at radius 2 is 1.70 bits per heavy atom. The molecule has 2 aromatic carbocycles. The quantitative estimate of drug-likeness (QED) is 0.372. The molecule has 0 fully saturated rings. The summed E-state index contributed by atoms with van der Waals surface area (Å²) in [7, 11) is 4.81. The number of rotatable bonds is 8. The van der Waals surface area contributed by atoms with Crippen molar-refractivity contribution in [2.24, 2.45) is 10.1 Å². The molecule has 0 saturated heterocycles. The zero-order valence-corrected chi connectivity index (χ0v) is 19.3. The van der Waals surface area contributed by atoms with Crippen LogP contribution in [0.3, 0.4) is 0 Å². The summed E-state index contributed by atoms with van der Waals surface area (Å²) in [4.78, 5) is 6.62. The number of hydrogen-bond acceptors (Lipinski definition) is 7. The average molecular weight is 444 g/mol. The normalized spacial score (nSPS) is 11.8. The van der Waals surface area contributed by atoms with Crippen molar-refractivity contribution in [3.05, 3.63) is 52.1 Å². The van der Waals surface area contributed by atoms with Gasteiger partial charge < -0.3 is 14.2 Å². The van der Waals surface area contributed by atoms with Crippen LogP contribution in [-0.2, 0) is 0 Å². The van der Waals surface area contributed by atoms with Crippen molar-refractivity contribution in [1.82, 2.24) is 4.68 Å². The Kier molecular flexibility index (Phi) is 7.59. The number of thioether (sulfide) groups is 1. The van der Waals surface area contributed by atoms with Crippen LogP contribution in [0.15, 0.2) is 56.8 Å². The first-order valence-electron chi connectivity index (χ1n) is 9.35. The molecule has 158 valence electrons. The van der Waals surface area contributed by atoms with E-state index in [1.165, 1.54) is 16.2 Å². The van der Waals surface area contributed by atoms with Gasteiger partial charge in [-0.25, -0.2) is 4.68 Å². The average Bonchev–Trinajstić information content (AvgIpc) is 3.19. The van der Waals surface area contributed by atoms with Crippen LogP contribution in [0.5, 0.6) is 17.2 Å². The molecule has 0 N–H and O–H groups in total. The Balaban J connectivity index is 2.10. The van der Waals surface area contributed by atoms with Crippen LogP contribution in [0.2, 0.25) is 0 Å². The molecular weight excluding hydrogens is 418 g/mol. The van der Waals surface area contributed by atoms with Crippen LogP contribution in [-0.4, -0.2) is 45.0 Å². The Labute approximate surface area is 184 Å². The van der Waals surface area contributed by atoms with Gasteiger partial charge in [-0.15, -0.1) is 23.1 Å². The summed E-state index contributed by atoms with van der Waals surface area (Å²) >= 11 is 3.26. The highest BCUT2D eigenvalue weighted by Gasteiger charge is 2.16. The molecule has 0 bridgehead atoms. The predicted molar refractivity (Wildman–Crippen MR) is 125 cm³/mol. The van der Waals surface area contributed by atoms with Gasteiger partial charge in [0.1, 0.15) is 0 Å². The van der Waals surface area contributed by atoms with E-state index in [2.05, 4.69) is 35.5 Å². The topological polar surface area (TPSA) is 57.3 Å². The Morgan fingerprint density at radius 3 is 2.23 bits per heavy atom. The Bertz CT molecular complexity index is 1060. The van der Waals surface area contributed by atoms with Gasteiger partial charge in [0.25, 0.3) is 0 Å². The van der Waals surface area contributed by atoms with E-state index in [0.717, 1.165) is 21.6 Å². The van der Waals surface area contributed by atoms with E-state index in [1.54, 1.807) is 33.1 Å². The zero-order chi connectivity index (χ0) is 21.5. The molecule has 8 heteroatoms. The zero-order valence-electron chi connectivity index (χ0n) is 17.7. The van der Waals surface area contributed by atoms with E-state index < -0.39 is 0 Å². The first kappa shape index (κ1) is 22.0. The molecule has 0 atom stereocenters. The van der Waals surface area contributed by atoms with Gasteiger partial charge in [-0.2, -0.15) is 5.10 Å². The van der Waals surface area contributed by atoms with E-state index in [0.29, 0.717) is 23.8 Å². The highest BCUT2D eigenvalue weighted by atomic mass is 32.2. The second kappa shape index (κ2) is 10.4. The van der Waals surface area contributed by atoms with Gasteiger partial charge in [0.15, 0.2) is 11.5 Å². The van der Waals surface area contributed by atoms with Crippen LogP contribution in [0.1, 0.15) is 12.5 Å². The minimum atomic E-state index is 0.557. The fourth-order valence-corrected chi connectivity index (χ4v) is 4.21. The molecular formula is C22H25N3O3S2. The summed E-state index contributed by atoms with van der Waals surface area (Å²) in [6, 6.07) is 12.1. The summed E-state index contributed by atoms with van der Waals surface area (Å²) in [6.45, 7) is 2.68. The van der Waals surface area contributed by atoms with Crippen LogP contribution in [0.4, 0.5) is 0 Å². The van der Waals surface area contributed by atoms with E-state index in [-0.39, 0.29) is 0 Å². The first-order valence-corrected chi connectivity index (χ1v) is 11.4. The molecule has 30 heavy (non-hydrogen) atoms. The second-order valence-corrected chi connectivity index (χ2v) is 7.84. The number of methoxy groups -OCH3 is 3. The summed E-state index contributed by atoms with van der Waals surface area (Å²) in [6.07, 6.45) is 3.90. The molecule has 0 unspecified atom stereocenters. The van der Waals surface area contributed by atoms with Gasteiger partial charge in [-0.1, -0.05) is 12.1 Å². The SMILES string of the molecule is CCN=c1scc(-c2cc(OC)c(OC)c(OC)c2)n1N=Cc1ccc(SC)cc1. The van der Waals surface area contributed by atoms with Crippen LogP contribution in [0.25, 0.3) is 11.3 Å². The maximum Gasteiger partial charge on any atom is 0.206 e. The van der Waals surface area contributed by atoms with E-state index in [4.69, 9.17) is 19.3 Å². The van der Waals surface area contributed by atoms with Crippen LogP contribution in [0, 0.1) is 0 Å². The Hall–Kier alpha value is -2.71. The number of nitrogens with zero attached hydrogens (tertiary/aromatic N) is 3. The van der Waals surface area contributed by atoms with Crippen molar-refractivity contribution in [2.45, 2.75) is 11.8 Å². The molecule has 0 radical (unpaired) electrons. The molecule has 1 heterocycles. The number of aromatic nitrogens is 1. The van der Waals surface area contributed by atoms with Gasteiger partial charge in [0, 0.05) is 22.4 Å². The van der Waals surface area contributed by atoms with Gasteiger partial charge in [0.2, 0.25) is 10.6 Å².